The van der Waals surface area contributed by atoms with Gasteiger partial charge in [-0.15, -0.1) is 0 Å². The zero-order valence-electron chi connectivity index (χ0n) is 16.9. The quantitative estimate of drug-likeness (QED) is 0.707. The van der Waals surface area contributed by atoms with E-state index in [1.807, 2.05) is 0 Å². The minimum absolute atomic E-state index is 0.0727. The smallest absolute Gasteiger partial charge is 0.249 e. The van der Waals surface area contributed by atoms with E-state index in [-0.39, 0.29) is 30.9 Å². The van der Waals surface area contributed by atoms with Gasteiger partial charge in [-0.2, -0.15) is 0 Å². The van der Waals surface area contributed by atoms with E-state index in [1.54, 1.807) is 4.90 Å². The van der Waals surface area contributed by atoms with Crippen molar-refractivity contribution in [3.05, 3.63) is 0 Å². The Labute approximate surface area is 167 Å². The number of amides is 3. The molecule has 156 valence electrons. The number of piperidine rings is 1. The first-order chi connectivity index (χ1) is 13.6. The Balaban J connectivity index is 1.23. The molecule has 1 N–H and O–H groups in total. The van der Waals surface area contributed by atoms with Crippen LogP contribution in [0.4, 0.5) is 0 Å². The molecule has 0 aromatic carbocycles. The molecule has 2 bridgehead atoms. The maximum absolute atomic E-state index is 12.9. The molecular weight excluding hydrogens is 358 g/mol. The number of nitrogens with one attached hydrogen (secondary N) is 1. The van der Waals surface area contributed by atoms with Gasteiger partial charge in [0.2, 0.25) is 17.7 Å². The summed E-state index contributed by atoms with van der Waals surface area (Å²) in [6.45, 7) is 4.01. The molecule has 3 saturated heterocycles. The van der Waals surface area contributed by atoms with Crippen LogP contribution in [0.15, 0.2) is 0 Å². The predicted octanol–water partition coefficient (Wildman–Crippen LogP) is 1.17. The highest BCUT2D eigenvalue weighted by atomic mass is 16.5. The summed E-state index contributed by atoms with van der Waals surface area (Å²) in [6, 6.07) is 0.716. The number of hydrogen-bond donors (Lipinski definition) is 1. The Hall–Kier alpha value is -1.63. The van der Waals surface area contributed by atoms with Crippen LogP contribution in [0.1, 0.15) is 51.9 Å². The number of carbonyl (C=O) groups excluding carboxylic acids is 3. The third kappa shape index (κ3) is 4.19. The van der Waals surface area contributed by atoms with Crippen molar-refractivity contribution >= 4 is 17.7 Å². The first-order valence-corrected chi connectivity index (χ1v) is 11.0. The van der Waals surface area contributed by atoms with Crippen LogP contribution in [0, 0.1) is 17.8 Å². The van der Waals surface area contributed by atoms with Crippen molar-refractivity contribution in [2.45, 2.75) is 64.0 Å². The molecule has 0 aromatic rings. The van der Waals surface area contributed by atoms with Crippen LogP contribution in [-0.2, 0) is 19.1 Å². The molecule has 0 radical (unpaired) electrons. The van der Waals surface area contributed by atoms with Gasteiger partial charge in [0.15, 0.2) is 0 Å². The summed E-state index contributed by atoms with van der Waals surface area (Å²) in [5.41, 5.74) is 0. The van der Waals surface area contributed by atoms with E-state index in [0.717, 1.165) is 32.1 Å². The van der Waals surface area contributed by atoms with E-state index >= 15 is 0 Å². The van der Waals surface area contributed by atoms with Crippen LogP contribution in [0.2, 0.25) is 0 Å². The Morgan fingerprint density at radius 1 is 1.18 bits per heavy atom. The minimum atomic E-state index is -0.118. The summed E-state index contributed by atoms with van der Waals surface area (Å²) in [7, 11) is 0. The third-order valence-corrected chi connectivity index (χ3v) is 6.99. The highest BCUT2D eigenvalue weighted by molar-refractivity contribution is 5.85. The van der Waals surface area contributed by atoms with E-state index in [0.29, 0.717) is 49.5 Å². The van der Waals surface area contributed by atoms with Gasteiger partial charge in [-0.25, -0.2) is 0 Å². The Bertz CT molecular complexity index is 611. The van der Waals surface area contributed by atoms with Crippen molar-refractivity contribution in [2.24, 2.45) is 17.8 Å². The summed E-state index contributed by atoms with van der Waals surface area (Å²) in [5, 5.41) is 3.01. The summed E-state index contributed by atoms with van der Waals surface area (Å²) < 4.78 is 5.09. The van der Waals surface area contributed by atoms with E-state index < -0.39 is 0 Å². The standard InChI is InChI=1S/C21H33N3O4/c1-2-3-15-10-18(15)21(27)24-16-4-5-17(24)9-14(8-16)11-22-19(25)12-23-6-7-28-13-20(23)26/h14-18H,2-13H2,1H3,(H,22,25)/t14?,15-,16-,17+,18-/m1/s1. The first kappa shape index (κ1) is 19.7. The van der Waals surface area contributed by atoms with Crippen LogP contribution in [-0.4, -0.2) is 72.5 Å². The van der Waals surface area contributed by atoms with Gasteiger partial charge in [-0.3, -0.25) is 14.4 Å². The molecule has 0 spiro atoms. The largest absolute Gasteiger partial charge is 0.370 e. The number of hydrogen-bond acceptors (Lipinski definition) is 4. The van der Waals surface area contributed by atoms with Crippen LogP contribution in [0.25, 0.3) is 0 Å². The molecule has 5 atom stereocenters. The van der Waals surface area contributed by atoms with Crippen molar-refractivity contribution in [3.8, 4) is 0 Å². The molecule has 0 aromatic heterocycles. The fourth-order valence-electron chi connectivity index (χ4n) is 5.45. The Morgan fingerprint density at radius 2 is 1.93 bits per heavy atom. The third-order valence-electron chi connectivity index (χ3n) is 6.99. The lowest BCUT2D eigenvalue weighted by Gasteiger charge is -2.39. The molecule has 28 heavy (non-hydrogen) atoms. The highest BCUT2D eigenvalue weighted by Gasteiger charge is 2.50. The minimum Gasteiger partial charge on any atom is -0.370 e. The number of ether oxygens (including phenoxy) is 1. The molecule has 4 rings (SSSR count). The second-order valence-corrected chi connectivity index (χ2v) is 9.03. The molecule has 3 amide bonds. The summed E-state index contributed by atoms with van der Waals surface area (Å²) in [5.74, 6) is 1.52. The first-order valence-electron chi connectivity index (χ1n) is 11.0. The van der Waals surface area contributed by atoms with Gasteiger partial charge in [0.1, 0.15) is 6.61 Å². The van der Waals surface area contributed by atoms with Crippen LogP contribution in [0.3, 0.4) is 0 Å². The lowest BCUT2D eigenvalue weighted by atomic mass is 9.90. The topological polar surface area (TPSA) is 79.0 Å². The maximum Gasteiger partial charge on any atom is 0.249 e. The predicted molar refractivity (Wildman–Crippen MR) is 103 cm³/mol. The van der Waals surface area contributed by atoms with Gasteiger partial charge < -0.3 is 19.9 Å². The number of rotatable bonds is 7. The number of fused-ring (bicyclic) bond motifs is 2. The van der Waals surface area contributed by atoms with E-state index in [1.165, 1.54) is 12.8 Å². The maximum atomic E-state index is 12.9. The normalized spacial score (nSPS) is 34.5. The molecule has 1 aliphatic carbocycles. The van der Waals surface area contributed by atoms with Gasteiger partial charge in [0, 0.05) is 31.1 Å². The fourth-order valence-corrected chi connectivity index (χ4v) is 5.45. The second-order valence-electron chi connectivity index (χ2n) is 9.03. The van der Waals surface area contributed by atoms with Crippen molar-refractivity contribution in [3.63, 3.8) is 0 Å². The van der Waals surface area contributed by atoms with Gasteiger partial charge in [-0.1, -0.05) is 13.3 Å². The highest BCUT2D eigenvalue weighted by Crippen LogP contribution is 2.47. The monoisotopic (exact) mass is 391 g/mol. The molecule has 4 aliphatic rings. The van der Waals surface area contributed by atoms with Crippen LogP contribution in [0.5, 0.6) is 0 Å². The van der Waals surface area contributed by atoms with Gasteiger partial charge >= 0.3 is 0 Å². The average molecular weight is 392 g/mol. The zero-order chi connectivity index (χ0) is 19.7. The van der Waals surface area contributed by atoms with Crippen LogP contribution >= 0.6 is 0 Å². The number of morpholine rings is 1. The number of carbonyl (C=O) groups is 3. The molecule has 7 heteroatoms. The van der Waals surface area contributed by atoms with E-state index in [4.69, 9.17) is 4.74 Å². The molecule has 1 unspecified atom stereocenters. The zero-order valence-corrected chi connectivity index (χ0v) is 16.9. The molecule has 1 saturated carbocycles. The number of nitrogens with zero attached hydrogens (tertiary/aromatic N) is 2. The summed E-state index contributed by atoms with van der Waals surface area (Å²) in [6.07, 6.45) is 7.62. The molecule has 3 heterocycles. The van der Waals surface area contributed by atoms with Crippen molar-refractivity contribution in [2.75, 3.05) is 32.8 Å². The van der Waals surface area contributed by atoms with Gasteiger partial charge in [0.05, 0.1) is 13.2 Å². The Kier molecular flexibility index (Phi) is 5.90. The van der Waals surface area contributed by atoms with Gasteiger partial charge in [-0.05, 0) is 50.4 Å². The molecular formula is C21H33N3O4. The molecule has 3 aliphatic heterocycles. The molecule has 7 nitrogen and oxygen atoms in total. The van der Waals surface area contributed by atoms with Gasteiger partial charge in [0.25, 0.3) is 0 Å². The fraction of sp³-hybridized carbons (Fsp3) is 0.857. The van der Waals surface area contributed by atoms with Crippen molar-refractivity contribution < 1.29 is 19.1 Å². The Morgan fingerprint density at radius 3 is 2.61 bits per heavy atom. The summed E-state index contributed by atoms with van der Waals surface area (Å²) in [4.78, 5) is 40.7. The van der Waals surface area contributed by atoms with E-state index in [2.05, 4.69) is 17.1 Å². The lowest BCUT2D eigenvalue weighted by Crippen LogP contribution is -2.50. The molecule has 4 fully saturated rings. The van der Waals surface area contributed by atoms with E-state index in [9.17, 15) is 14.4 Å². The second kappa shape index (κ2) is 8.39. The lowest BCUT2D eigenvalue weighted by molar-refractivity contribution is -0.145. The SMILES string of the molecule is CCC[C@@H]1C[C@H]1C(=O)N1[C@@H]2CC[C@H]1CC(CNC(=O)CN1CCOCC1=O)C2. The summed E-state index contributed by atoms with van der Waals surface area (Å²) >= 11 is 0. The van der Waals surface area contributed by atoms with Crippen LogP contribution < -0.4 is 5.32 Å². The van der Waals surface area contributed by atoms with Crippen molar-refractivity contribution in [1.29, 1.82) is 0 Å². The van der Waals surface area contributed by atoms with Crippen molar-refractivity contribution in [1.82, 2.24) is 15.1 Å². The average Bonchev–Trinajstić information content (AvgIpc) is 3.39.